The molecular formula is C26H31F2N3O. The van der Waals surface area contributed by atoms with Gasteiger partial charge < -0.3 is 4.90 Å². The van der Waals surface area contributed by atoms with Crippen molar-refractivity contribution in [3.63, 3.8) is 0 Å². The Bertz CT molecular complexity index is 981. The third-order valence-corrected chi connectivity index (χ3v) is 7.42. The van der Waals surface area contributed by atoms with Gasteiger partial charge in [-0.25, -0.2) is 8.78 Å². The molecule has 170 valence electrons. The maximum absolute atomic E-state index is 13.6. The molecule has 0 N–H and O–H groups in total. The Morgan fingerprint density at radius 3 is 2.31 bits per heavy atom. The van der Waals surface area contributed by atoms with Crippen LogP contribution in [0.2, 0.25) is 0 Å². The van der Waals surface area contributed by atoms with Gasteiger partial charge in [0.05, 0.1) is 6.54 Å². The van der Waals surface area contributed by atoms with Crippen LogP contribution >= 0.6 is 0 Å². The van der Waals surface area contributed by atoms with Gasteiger partial charge in [0.15, 0.2) is 11.6 Å². The van der Waals surface area contributed by atoms with Gasteiger partial charge in [0.2, 0.25) is 5.91 Å². The van der Waals surface area contributed by atoms with E-state index in [1.54, 1.807) is 6.07 Å². The van der Waals surface area contributed by atoms with Crippen molar-refractivity contribution in [1.29, 1.82) is 0 Å². The average Bonchev–Trinajstić information content (AvgIpc) is 3.36. The molecule has 1 amide bonds. The van der Waals surface area contributed by atoms with E-state index in [1.807, 2.05) is 11.0 Å². The molecule has 6 heteroatoms. The van der Waals surface area contributed by atoms with E-state index < -0.39 is 11.6 Å². The molecule has 0 atom stereocenters. The highest BCUT2D eigenvalue weighted by molar-refractivity contribution is 5.78. The van der Waals surface area contributed by atoms with Gasteiger partial charge in [0.25, 0.3) is 0 Å². The molecule has 1 aliphatic carbocycles. The predicted octanol–water partition coefficient (Wildman–Crippen LogP) is 4.08. The largest absolute Gasteiger partial charge is 0.339 e. The highest BCUT2D eigenvalue weighted by atomic mass is 19.2. The second kappa shape index (κ2) is 9.28. The molecular weight excluding hydrogens is 408 g/mol. The van der Waals surface area contributed by atoms with E-state index in [0.717, 1.165) is 57.3 Å². The first-order valence-corrected chi connectivity index (χ1v) is 11.9. The van der Waals surface area contributed by atoms with Gasteiger partial charge in [-0.2, -0.15) is 0 Å². The highest BCUT2D eigenvalue weighted by Crippen LogP contribution is 2.28. The molecule has 1 saturated carbocycles. The summed E-state index contributed by atoms with van der Waals surface area (Å²) in [5.74, 6) is -1.42. The van der Waals surface area contributed by atoms with E-state index in [9.17, 15) is 13.6 Å². The van der Waals surface area contributed by atoms with Crippen LogP contribution in [-0.2, 0) is 17.8 Å². The molecule has 2 fully saturated rings. The van der Waals surface area contributed by atoms with Crippen molar-refractivity contribution in [3.05, 3.63) is 59.2 Å². The van der Waals surface area contributed by atoms with Gasteiger partial charge in [-0.1, -0.05) is 37.1 Å². The predicted molar refractivity (Wildman–Crippen MR) is 121 cm³/mol. The number of nitrogens with zero attached hydrogens (tertiary/aromatic N) is 3. The van der Waals surface area contributed by atoms with Crippen LogP contribution in [0.5, 0.6) is 0 Å². The van der Waals surface area contributed by atoms with Crippen LogP contribution in [0.1, 0.15) is 36.8 Å². The van der Waals surface area contributed by atoms with Crippen LogP contribution in [0.3, 0.4) is 0 Å². The zero-order chi connectivity index (χ0) is 22.1. The summed E-state index contributed by atoms with van der Waals surface area (Å²) in [5, 5.41) is 0. The number of carbonyl (C=O) groups is 1. The summed E-state index contributed by atoms with van der Waals surface area (Å²) in [4.78, 5) is 19.7. The first-order chi connectivity index (χ1) is 15.6. The first kappa shape index (κ1) is 21.5. The lowest BCUT2D eigenvalue weighted by Crippen LogP contribution is -2.53. The van der Waals surface area contributed by atoms with Gasteiger partial charge in [0.1, 0.15) is 0 Å². The van der Waals surface area contributed by atoms with Crippen molar-refractivity contribution in [2.75, 3.05) is 39.3 Å². The first-order valence-electron chi connectivity index (χ1n) is 11.9. The Balaban J connectivity index is 1.17. The third kappa shape index (κ3) is 4.57. The number of fused-ring (bicyclic) bond motifs is 1. The second-order valence-electron chi connectivity index (χ2n) is 9.43. The number of carbonyl (C=O) groups excluding carboxylic acids is 1. The number of halogens is 2. The van der Waals surface area contributed by atoms with E-state index >= 15 is 0 Å². The lowest BCUT2D eigenvalue weighted by atomic mass is 9.94. The molecule has 0 radical (unpaired) electrons. The fourth-order valence-corrected chi connectivity index (χ4v) is 5.50. The minimum absolute atomic E-state index is 0.234. The van der Waals surface area contributed by atoms with Crippen molar-refractivity contribution in [2.45, 2.75) is 44.7 Å². The molecule has 2 aliphatic heterocycles. The Morgan fingerprint density at radius 2 is 1.56 bits per heavy atom. The van der Waals surface area contributed by atoms with Crippen molar-refractivity contribution in [1.82, 2.24) is 14.7 Å². The maximum atomic E-state index is 13.6. The molecule has 32 heavy (non-hydrogen) atoms. The number of hydrogen-bond donors (Lipinski definition) is 0. The quantitative estimate of drug-likeness (QED) is 0.719. The van der Waals surface area contributed by atoms with Gasteiger partial charge in [-0.05, 0) is 53.6 Å². The zero-order valence-electron chi connectivity index (χ0n) is 18.5. The molecule has 1 saturated heterocycles. The lowest BCUT2D eigenvalue weighted by Gasteiger charge is -2.39. The topological polar surface area (TPSA) is 26.8 Å². The number of benzene rings is 2. The smallest absolute Gasteiger partial charge is 0.236 e. The van der Waals surface area contributed by atoms with Crippen LogP contribution in [0.4, 0.5) is 8.78 Å². The van der Waals surface area contributed by atoms with E-state index in [0.29, 0.717) is 12.1 Å². The summed E-state index contributed by atoms with van der Waals surface area (Å²) < 4.78 is 26.9. The number of amides is 1. The minimum Gasteiger partial charge on any atom is -0.339 e. The van der Waals surface area contributed by atoms with E-state index in [4.69, 9.17) is 0 Å². The molecule has 5 rings (SSSR count). The molecule has 0 aromatic heterocycles. The third-order valence-electron chi connectivity index (χ3n) is 7.42. The average molecular weight is 440 g/mol. The molecule has 0 spiro atoms. The van der Waals surface area contributed by atoms with Crippen molar-refractivity contribution in [2.24, 2.45) is 0 Å². The van der Waals surface area contributed by atoms with Gasteiger partial charge >= 0.3 is 0 Å². The summed E-state index contributed by atoms with van der Waals surface area (Å²) in [5.41, 5.74) is 4.01. The standard InChI is InChI=1S/C26H31F2N3O/c27-24-8-7-20(16-25(24)28)19-5-6-22-17-29(10-9-21(22)15-19)18-26(32)31-13-11-30(12-14-31)23-3-1-2-4-23/h5-8,15-16,23H,1-4,9-14,17-18H2. The van der Waals surface area contributed by atoms with Crippen molar-refractivity contribution < 1.29 is 13.6 Å². The Hall–Kier alpha value is -2.31. The molecule has 0 unspecified atom stereocenters. The summed E-state index contributed by atoms with van der Waals surface area (Å²) in [7, 11) is 0. The van der Waals surface area contributed by atoms with Crippen molar-refractivity contribution in [3.8, 4) is 11.1 Å². The summed E-state index contributed by atoms with van der Waals surface area (Å²) in [6.07, 6.45) is 6.19. The molecule has 4 nitrogen and oxygen atoms in total. The fourth-order valence-electron chi connectivity index (χ4n) is 5.50. The maximum Gasteiger partial charge on any atom is 0.236 e. The van der Waals surface area contributed by atoms with Gasteiger partial charge in [-0.3, -0.25) is 14.6 Å². The fraction of sp³-hybridized carbons (Fsp3) is 0.500. The Labute approximate surface area is 188 Å². The molecule has 0 bridgehead atoms. The normalized spacial score (nSPS) is 20.5. The van der Waals surface area contributed by atoms with E-state index in [-0.39, 0.29) is 5.91 Å². The number of piperazine rings is 1. The van der Waals surface area contributed by atoms with Gasteiger partial charge in [0, 0.05) is 45.3 Å². The van der Waals surface area contributed by atoms with Crippen LogP contribution < -0.4 is 0 Å². The lowest BCUT2D eigenvalue weighted by molar-refractivity contribution is -0.134. The number of rotatable bonds is 4. The van der Waals surface area contributed by atoms with Crippen molar-refractivity contribution >= 4 is 5.91 Å². The minimum atomic E-state index is -0.827. The van der Waals surface area contributed by atoms with Crippen LogP contribution in [0.15, 0.2) is 36.4 Å². The molecule has 2 aromatic rings. The highest BCUT2D eigenvalue weighted by Gasteiger charge is 2.29. The summed E-state index contributed by atoms with van der Waals surface area (Å²) in [6, 6.07) is 10.9. The second-order valence-corrected chi connectivity index (χ2v) is 9.43. The SMILES string of the molecule is O=C(CN1CCc2cc(-c3ccc(F)c(F)c3)ccc2C1)N1CCN(C2CCCC2)CC1. The van der Waals surface area contributed by atoms with E-state index in [1.165, 1.54) is 48.9 Å². The Morgan fingerprint density at radius 1 is 0.844 bits per heavy atom. The van der Waals surface area contributed by atoms with E-state index in [2.05, 4.69) is 21.9 Å². The van der Waals surface area contributed by atoms with Gasteiger partial charge in [-0.15, -0.1) is 0 Å². The number of hydrogen-bond acceptors (Lipinski definition) is 3. The monoisotopic (exact) mass is 439 g/mol. The Kier molecular flexibility index (Phi) is 6.24. The molecule has 2 aromatic carbocycles. The molecule has 3 aliphatic rings. The van der Waals surface area contributed by atoms with Crippen LogP contribution in [-0.4, -0.2) is 65.9 Å². The van der Waals surface area contributed by atoms with Crippen LogP contribution in [0, 0.1) is 11.6 Å². The van der Waals surface area contributed by atoms with Crippen LogP contribution in [0.25, 0.3) is 11.1 Å². The summed E-state index contributed by atoms with van der Waals surface area (Å²) >= 11 is 0. The zero-order valence-corrected chi connectivity index (χ0v) is 18.5. The molecule has 2 heterocycles. The summed E-state index contributed by atoms with van der Waals surface area (Å²) in [6.45, 7) is 5.75.